The maximum absolute atomic E-state index is 10.8. The van der Waals surface area contributed by atoms with Crippen LogP contribution in [-0.4, -0.2) is 56.9 Å². The summed E-state index contributed by atoms with van der Waals surface area (Å²) in [5, 5.41) is 10.5. The minimum absolute atomic E-state index is 0.0542. The summed E-state index contributed by atoms with van der Waals surface area (Å²) in [6, 6.07) is 6.43. The Bertz CT molecular complexity index is 437. The summed E-state index contributed by atoms with van der Waals surface area (Å²) in [4.78, 5) is 12.5. The number of halogens is 1. The van der Waals surface area contributed by atoms with E-state index in [-0.39, 0.29) is 11.1 Å². The molecule has 21 heavy (non-hydrogen) atoms. The van der Waals surface area contributed by atoms with Crippen molar-refractivity contribution in [1.82, 2.24) is 4.90 Å². The molecule has 0 aliphatic rings. The SMILES string of the molecule is COCCN(CCOC)CC(Cl)c1cccc([N+](=O)[O-])c1. The van der Waals surface area contributed by atoms with Gasteiger partial charge in [0, 0.05) is 46.0 Å². The third-order valence-corrected chi connectivity index (χ3v) is 3.47. The number of alkyl halides is 1. The van der Waals surface area contributed by atoms with Crippen molar-refractivity contribution in [3.63, 3.8) is 0 Å². The van der Waals surface area contributed by atoms with Gasteiger partial charge in [-0.1, -0.05) is 12.1 Å². The highest BCUT2D eigenvalue weighted by molar-refractivity contribution is 6.21. The fourth-order valence-corrected chi connectivity index (χ4v) is 2.23. The molecule has 7 heteroatoms. The number of methoxy groups -OCH3 is 2. The second kappa shape index (κ2) is 9.68. The Morgan fingerprint density at radius 3 is 2.43 bits per heavy atom. The molecule has 1 atom stereocenters. The van der Waals surface area contributed by atoms with E-state index in [9.17, 15) is 10.1 Å². The summed E-state index contributed by atoms with van der Waals surface area (Å²) >= 11 is 6.39. The second-order valence-electron chi connectivity index (χ2n) is 4.61. The molecule has 0 radical (unpaired) electrons. The molecule has 0 bridgehead atoms. The number of nitro benzene ring substituents is 1. The van der Waals surface area contributed by atoms with Gasteiger partial charge in [-0.25, -0.2) is 0 Å². The van der Waals surface area contributed by atoms with Crippen LogP contribution in [0.1, 0.15) is 10.9 Å². The maximum Gasteiger partial charge on any atom is 0.269 e. The Balaban J connectivity index is 2.68. The van der Waals surface area contributed by atoms with Gasteiger partial charge >= 0.3 is 0 Å². The van der Waals surface area contributed by atoms with E-state index in [0.29, 0.717) is 19.8 Å². The van der Waals surface area contributed by atoms with Gasteiger partial charge in [-0.3, -0.25) is 15.0 Å². The summed E-state index contributed by atoms with van der Waals surface area (Å²) in [5.74, 6) is 0. The fourth-order valence-electron chi connectivity index (χ4n) is 1.90. The molecule has 0 aliphatic carbocycles. The Kier molecular flexibility index (Phi) is 8.22. The maximum atomic E-state index is 10.8. The van der Waals surface area contributed by atoms with Gasteiger partial charge in [-0.2, -0.15) is 0 Å². The number of hydrogen-bond acceptors (Lipinski definition) is 5. The van der Waals surface area contributed by atoms with E-state index < -0.39 is 4.92 Å². The summed E-state index contributed by atoms with van der Waals surface area (Å²) < 4.78 is 10.2. The Labute approximate surface area is 129 Å². The van der Waals surface area contributed by atoms with Crippen molar-refractivity contribution >= 4 is 17.3 Å². The van der Waals surface area contributed by atoms with Crippen LogP contribution in [0.15, 0.2) is 24.3 Å². The molecule has 1 aromatic carbocycles. The van der Waals surface area contributed by atoms with Crippen molar-refractivity contribution in [3.8, 4) is 0 Å². The standard InChI is InChI=1S/C14H21ClN2O4/c1-20-8-6-16(7-9-21-2)11-14(15)12-4-3-5-13(10-12)17(18)19/h3-5,10,14H,6-9,11H2,1-2H3. The molecule has 0 aromatic heterocycles. The molecule has 118 valence electrons. The highest BCUT2D eigenvalue weighted by Crippen LogP contribution is 2.25. The number of nitro groups is 1. The van der Waals surface area contributed by atoms with Crippen molar-refractivity contribution < 1.29 is 14.4 Å². The molecule has 6 nitrogen and oxygen atoms in total. The summed E-state index contributed by atoms with van der Waals surface area (Å²) in [5.41, 5.74) is 0.796. The Morgan fingerprint density at radius 1 is 1.29 bits per heavy atom. The molecule has 0 spiro atoms. The molecule has 0 N–H and O–H groups in total. The predicted molar refractivity (Wildman–Crippen MR) is 81.9 cm³/mol. The number of hydrogen-bond donors (Lipinski definition) is 0. The lowest BCUT2D eigenvalue weighted by Crippen LogP contribution is -2.33. The number of benzene rings is 1. The van der Waals surface area contributed by atoms with Crippen molar-refractivity contribution in [2.24, 2.45) is 0 Å². The van der Waals surface area contributed by atoms with Gasteiger partial charge in [0.25, 0.3) is 5.69 Å². The zero-order chi connectivity index (χ0) is 15.7. The normalized spacial score (nSPS) is 12.6. The topological polar surface area (TPSA) is 64.8 Å². The first-order valence-electron chi connectivity index (χ1n) is 6.67. The van der Waals surface area contributed by atoms with Crippen LogP contribution in [0, 0.1) is 10.1 Å². The fraction of sp³-hybridized carbons (Fsp3) is 0.571. The van der Waals surface area contributed by atoms with Crippen molar-refractivity contribution in [2.75, 3.05) is 47.1 Å². The molecule has 0 saturated carbocycles. The van der Waals surface area contributed by atoms with Crippen LogP contribution in [0.2, 0.25) is 0 Å². The van der Waals surface area contributed by atoms with Crippen LogP contribution < -0.4 is 0 Å². The average Bonchev–Trinajstić information content (AvgIpc) is 2.49. The van der Waals surface area contributed by atoms with Crippen LogP contribution in [0.3, 0.4) is 0 Å². The van der Waals surface area contributed by atoms with Crippen molar-refractivity contribution in [2.45, 2.75) is 5.38 Å². The third kappa shape index (κ3) is 6.39. The molecule has 1 aromatic rings. The van der Waals surface area contributed by atoms with E-state index in [0.717, 1.165) is 18.7 Å². The first-order valence-corrected chi connectivity index (χ1v) is 7.10. The highest BCUT2D eigenvalue weighted by atomic mass is 35.5. The van der Waals surface area contributed by atoms with E-state index >= 15 is 0 Å². The lowest BCUT2D eigenvalue weighted by Gasteiger charge is -2.24. The number of nitrogens with zero attached hydrogens (tertiary/aromatic N) is 2. The van der Waals surface area contributed by atoms with Crippen LogP contribution >= 0.6 is 11.6 Å². The smallest absolute Gasteiger partial charge is 0.269 e. The molecule has 0 fully saturated rings. The van der Waals surface area contributed by atoms with Gasteiger partial charge < -0.3 is 9.47 Å². The van der Waals surface area contributed by atoms with E-state index in [1.807, 2.05) is 0 Å². The molecule has 1 unspecified atom stereocenters. The minimum atomic E-state index is -0.416. The van der Waals surface area contributed by atoms with Gasteiger partial charge in [-0.15, -0.1) is 11.6 Å². The highest BCUT2D eigenvalue weighted by Gasteiger charge is 2.16. The van der Waals surface area contributed by atoms with Crippen LogP contribution in [0.4, 0.5) is 5.69 Å². The number of non-ortho nitro benzene ring substituents is 1. The zero-order valence-corrected chi connectivity index (χ0v) is 13.1. The van der Waals surface area contributed by atoms with Crippen LogP contribution in [0.25, 0.3) is 0 Å². The largest absolute Gasteiger partial charge is 0.383 e. The second-order valence-corrected chi connectivity index (χ2v) is 5.13. The van der Waals surface area contributed by atoms with Crippen molar-refractivity contribution in [1.29, 1.82) is 0 Å². The predicted octanol–water partition coefficient (Wildman–Crippen LogP) is 2.47. The first kappa shape index (κ1) is 17.8. The van der Waals surface area contributed by atoms with E-state index in [1.165, 1.54) is 12.1 Å². The summed E-state index contributed by atoms with van der Waals surface area (Å²) in [6.07, 6.45) is 0. The van der Waals surface area contributed by atoms with Crippen LogP contribution in [-0.2, 0) is 9.47 Å². The quantitative estimate of drug-likeness (QED) is 0.377. The lowest BCUT2D eigenvalue weighted by atomic mass is 10.1. The number of ether oxygens (including phenoxy) is 2. The molecule has 1 rings (SSSR count). The molecule has 0 aliphatic heterocycles. The monoisotopic (exact) mass is 316 g/mol. The molecular weight excluding hydrogens is 296 g/mol. The minimum Gasteiger partial charge on any atom is -0.383 e. The first-order chi connectivity index (χ1) is 10.1. The van der Waals surface area contributed by atoms with E-state index in [4.69, 9.17) is 21.1 Å². The van der Waals surface area contributed by atoms with Gasteiger partial charge in [0.05, 0.1) is 23.5 Å². The van der Waals surface area contributed by atoms with E-state index in [2.05, 4.69) is 4.90 Å². The average molecular weight is 317 g/mol. The number of rotatable bonds is 10. The van der Waals surface area contributed by atoms with Crippen LogP contribution in [0.5, 0.6) is 0 Å². The van der Waals surface area contributed by atoms with Gasteiger partial charge in [-0.05, 0) is 5.56 Å². The Morgan fingerprint density at radius 2 is 1.90 bits per heavy atom. The summed E-state index contributed by atoms with van der Waals surface area (Å²) in [6.45, 7) is 3.25. The van der Waals surface area contributed by atoms with Gasteiger partial charge in [0.1, 0.15) is 0 Å². The van der Waals surface area contributed by atoms with Crippen molar-refractivity contribution in [3.05, 3.63) is 39.9 Å². The zero-order valence-electron chi connectivity index (χ0n) is 12.3. The van der Waals surface area contributed by atoms with Gasteiger partial charge in [0.15, 0.2) is 0 Å². The molecular formula is C14H21ClN2O4. The molecule has 0 saturated heterocycles. The third-order valence-electron chi connectivity index (χ3n) is 3.08. The Hall–Kier alpha value is -1.21. The summed E-state index contributed by atoms with van der Waals surface area (Å²) in [7, 11) is 3.29. The van der Waals surface area contributed by atoms with Gasteiger partial charge in [0.2, 0.25) is 0 Å². The van der Waals surface area contributed by atoms with E-state index in [1.54, 1.807) is 26.4 Å². The lowest BCUT2D eigenvalue weighted by molar-refractivity contribution is -0.384. The molecule has 0 heterocycles. The molecule has 0 amide bonds.